The Labute approximate surface area is 279 Å². The summed E-state index contributed by atoms with van der Waals surface area (Å²) in [6.07, 6.45) is 0.829. The average Bonchev–Trinajstić information content (AvgIpc) is 3.53. The van der Waals surface area contributed by atoms with E-state index in [4.69, 9.17) is 4.98 Å². The van der Waals surface area contributed by atoms with Gasteiger partial charge in [0.1, 0.15) is 5.82 Å². The Balaban J connectivity index is 1.35. The van der Waals surface area contributed by atoms with Crippen LogP contribution < -0.4 is 4.90 Å². The maximum absolute atomic E-state index is 5.20. The summed E-state index contributed by atoms with van der Waals surface area (Å²) in [7, 11) is 0. The lowest BCUT2D eigenvalue weighted by atomic mass is 9.84. The summed E-state index contributed by atoms with van der Waals surface area (Å²) in [6.45, 7) is 2.21. The molecule has 0 saturated carbocycles. The van der Waals surface area contributed by atoms with E-state index in [1.165, 1.54) is 60.3 Å². The van der Waals surface area contributed by atoms with Crippen molar-refractivity contribution >= 4 is 60.4 Å². The fourth-order valence-corrected chi connectivity index (χ4v) is 8.02. The van der Waals surface area contributed by atoms with Crippen molar-refractivity contribution in [2.24, 2.45) is 0 Å². The summed E-state index contributed by atoms with van der Waals surface area (Å²) in [4.78, 5) is 7.62. The standard InChI is InChI=1S/C45H31N3/c1-2-41-46-38-23-13-25-40-45(38)48(41)44-37(22-12-24-39(44)47(40)32-16-4-3-5-17-32)43-35-20-10-8-18-33(35)42(34-19-9-11-21-36(34)43)31-27-26-29-14-6-7-15-30(29)28-31/h3-28H,2H2,1H3. The smallest absolute Gasteiger partial charge is 0.114 e. The van der Waals surface area contributed by atoms with Gasteiger partial charge in [0.05, 0.1) is 28.1 Å². The number of nitrogens with zero attached hydrogens (tertiary/aromatic N) is 3. The second kappa shape index (κ2) is 10.4. The SMILES string of the molecule is CCc1nc2cccc3c2n1-c1c(-c2c4ccccc4c(-c4ccc5ccccc5c4)c4ccccc24)cccc1N3c1ccccc1. The second-order valence-electron chi connectivity index (χ2n) is 12.6. The molecule has 2 heterocycles. The zero-order valence-electron chi connectivity index (χ0n) is 26.6. The minimum Gasteiger partial charge on any atom is -0.306 e. The molecule has 0 saturated heterocycles. The first kappa shape index (κ1) is 27.0. The predicted octanol–water partition coefficient (Wildman–Crippen LogP) is 12.2. The summed E-state index contributed by atoms with van der Waals surface area (Å²) in [5.74, 6) is 1.07. The molecule has 1 aliphatic heterocycles. The number of aromatic nitrogens is 2. The second-order valence-corrected chi connectivity index (χ2v) is 12.6. The van der Waals surface area contributed by atoms with Crippen LogP contribution in [-0.2, 0) is 6.42 Å². The van der Waals surface area contributed by atoms with Crippen molar-refractivity contribution in [2.75, 3.05) is 4.90 Å². The van der Waals surface area contributed by atoms with Gasteiger partial charge in [-0.2, -0.15) is 0 Å². The summed E-state index contributed by atoms with van der Waals surface area (Å²) in [6, 6.07) is 57.4. The number of hydrogen-bond acceptors (Lipinski definition) is 2. The van der Waals surface area contributed by atoms with Gasteiger partial charge in [-0.15, -0.1) is 0 Å². The maximum Gasteiger partial charge on any atom is 0.114 e. The number of imidazole rings is 1. The van der Waals surface area contributed by atoms with E-state index in [0.717, 1.165) is 40.3 Å². The number of aryl methyl sites for hydroxylation is 1. The minimum atomic E-state index is 0.829. The largest absolute Gasteiger partial charge is 0.306 e. The van der Waals surface area contributed by atoms with Crippen molar-refractivity contribution in [1.29, 1.82) is 0 Å². The monoisotopic (exact) mass is 613 g/mol. The third-order valence-corrected chi connectivity index (χ3v) is 10.0. The van der Waals surface area contributed by atoms with Gasteiger partial charge in [0, 0.05) is 17.7 Å². The Hall–Kier alpha value is -6.19. The topological polar surface area (TPSA) is 21.1 Å². The lowest BCUT2D eigenvalue weighted by Crippen LogP contribution is -2.19. The molecular weight excluding hydrogens is 583 g/mol. The Morgan fingerprint density at radius 2 is 1.15 bits per heavy atom. The first-order valence-corrected chi connectivity index (χ1v) is 16.7. The molecule has 0 spiro atoms. The normalized spacial score (nSPS) is 12.3. The van der Waals surface area contributed by atoms with Gasteiger partial charge < -0.3 is 4.90 Å². The molecule has 0 atom stereocenters. The summed E-state index contributed by atoms with van der Waals surface area (Å²) >= 11 is 0. The minimum absolute atomic E-state index is 0.829. The van der Waals surface area contributed by atoms with Crippen LogP contribution in [0.25, 0.3) is 71.3 Å². The van der Waals surface area contributed by atoms with E-state index >= 15 is 0 Å². The number of hydrogen-bond donors (Lipinski definition) is 0. The van der Waals surface area contributed by atoms with Gasteiger partial charge in [0.15, 0.2) is 0 Å². The lowest BCUT2D eigenvalue weighted by Gasteiger charge is -2.34. The fourth-order valence-electron chi connectivity index (χ4n) is 8.02. The number of rotatable bonds is 4. The van der Waals surface area contributed by atoms with Gasteiger partial charge in [-0.3, -0.25) is 4.57 Å². The molecular formula is C45H31N3. The highest BCUT2D eigenvalue weighted by Crippen LogP contribution is 2.52. The molecule has 0 aliphatic carbocycles. The van der Waals surface area contributed by atoms with E-state index in [0.29, 0.717) is 0 Å². The van der Waals surface area contributed by atoms with Crippen molar-refractivity contribution in [2.45, 2.75) is 13.3 Å². The summed E-state index contributed by atoms with van der Waals surface area (Å²) in [5.41, 5.74) is 11.7. The van der Waals surface area contributed by atoms with E-state index in [9.17, 15) is 0 Å². The molecule has 1 aliphatic rings. The van der Waals surface area contributed by atoms with Crippen LogP contribution in [0.1, 0.15) is 12.7 Å². The molecule has 3 nitrogen and oxygen atoms in total. The highest BCUT2D eigenvalue weighted by molar-refractivity contribution is 6.23. The molecule has 48 heavy (non-hydrogen) atoms. The van der Waals surface area contributed by atoms with Crippen molar-refractivity contribution in [3.8, 4) is 27.9 Å². The van der Waals surface area contributed by atoms with Gasteiger partial charge in [-0.1, -0.05) is 128 Å². The van der Waals surface area contributed by atoms with Crippen LogP contribution in [0.2, 0.25) is 0 Å². The molecule has 9 aromatic rings. The van der Waals surface area contributed by atoms with Gasteiger partial charge in [-0.25, -0.2) is 4.98 Å². The molecule has 226 valence electrons. The van der Waals surface area contributed by atoms with Gasteiger partial charge in [0.2, 0.25) is 0 Å². The van der Waals surface area contributed by atoms with Crippen LogP contribution >= 0.6 is 0 Å². The third-order valence-electron chi connectivity index (χ3n) is 10.0. The average molecular weight is 614 g/mol. The first-order chi connectivity index (χ1) is 23.8. The molecule has 10 rings (SSSR count). The number of para-hydroxylation sites is 3. The van der Waals surface area contributed by atoms with Crippen molar-refractivity contribution in [1.82, 2.24) is 9.55 Å². The zero-order chi connectivity index (χ0) is 31.8. The molecule has 3 heteroatoms. The fraction of sp³-hybridized carbons (Fsp3) is 0.0444. The lowest BCUT2D eigenvalue weighted by molar-refractivity contribution is 0.902. The van der Waals surface area contributed by atoms with E-state index in [-0.39, 0.29) is 0 Å². The molecule has 0 unspecified atom stereocenters. The Bertz CT molecular complexity index is 2660. The number of benzene rings is 8. The van der Waals surface area contributed by atoms with E-state index < -0.39 is 0 Å². The summed E-state index contributed by atoms with van der Waals surface area (Å²) in [5, 5.41) is 7.49. The van der Waals surface area contributed by atoms with Gasteiger partial charge in [0.25, 0.3) is 0 Å². The molecule has 0 amide bonds. The Morgan fingerprint density at radius 3 is 1.88 bits per heavy atom. The van der Waals surface area contributed by atoms with Crippen LogP contribution in [0.5, 0.6) is 0 Å². The van der Waals surface area contributed by atoms with Crippen LogP contribution in [0, 0.1) is 0 Å². The van der Waals surface area contributed by atoms with E-state index in [1.807, 2.05) is 0 Å². The highest BCUT2D eigenvalue weighted by atomic mass is 15.2. The zero-order valence-corrected chi connectivity index (χ0v) is 26.6. The Morgan fingerprint density at radius 1 is 0.521 bits per heavy atom. The van der Waals surface area contributed by atoms with Gasteiger partial charge in [-0.05, 0) is 85.4 Å². The van der Waals surface area contributed by atoms with Crippen LogP contribution in [0.15, 0.2) is 158 Å². The third kappa shape index (κ3) is 3.79. The Kier molecular flexibility index (Phi) is 5.85. The van der Waals surface area contributed by atoms with Crippen molar-refractivity contribution < 1.29 is 0 Å². The number of anilines is 3. The van der Waals surface area contributed by atoms with Crippen LogP contribution in [-0.4, -0.2) is 9.55 Å². The maximum atomic E-state index is 5.20. The predicted molar refractivity (Wildman–Crippen MR) is 202 cm³/mol. The molecule has 0 bridgehead atoms. The van der Waals surface area contributed by atoms with Gasteiger partial charge >= 0.3 is 0 Å². The quantitative estimate of drug-likeness (QED) is 0.184. The first-order valence-electron chi connectivity index (χ1n) is 16.7. The number of fused-ring (bicyclic) bond motifs is 5. The molecule has 0 radical (unpaired) electrons. The van der Waals surface area contributed by atoms with Crippen molar-refractivity contribution in [3.63, 3.8) is 0 Å². The van der Waals surface area contributed by atoms with Crippen LogP contribution in [0.3, 0.4) is 0 Å². The molecule has 0 N–H and O–H groups in total. The molecule has 0 fully saturated rings. The van der Waals surface area contributed by atoms with E-state index in [1.54, 1.807) is 0 Å². The van der Waals surface area contributed by atoms with Crippen LogP contribution in [0.4, 0.5) is 17.1 Å². The summed E-state index contributed by atoms with van der Waals surface area (Å²) < 4.78 is 2.44. The molecule has 8 aromatic carbocycles. The van der Waals surface area contributed by atoms with Crippen molar-refractivity contribution in [3.05, 3.63) is 164 Å². The highest BCUT2D eigenvalue weighted by Gasteiger charge is 2.31. The van der Waals surface area contributed by atoms with E-state index in [2.05, 4.69) is 174 Å². The molecule has 1 aromatic heterocycles.